The van der Waals surface area contributed by atoms with Gasteiger partial charge in [0, 0.05) is 39.8 Å². The summed E-state index contributed by atoms with van der Waals surface area (Å²) in [5.74, 6) is -0.943. The zero-order valence-corrected chi connectivity index (χ0v) is 24.6. The summed E-state index contributed by atoms with van der Waals surface area (Å²) >= 11 is 0. The first-order valence-corrected chi connectivity index (χ1v) is 14.9. The van der Waals surface area contributed by atoms with Crippen molar-refractivity contribution in [3.05, 3.63) is 137 Å². The molecule has 0 amide bonds. The molecule has 8 rings (SSSR count). The van der Waals surface area contributed by atoms with Gasteiger partial charge in [-0.1, -0.05) is 97.1 Å². The van der Waals surface area contributed by atoms with Gasteiger partial charge >= 0.3 is 0 Å². The lowest BCUT2D eigenvalue weighted by molar-refractivity contribution is 0.0664. The van der Waals surface area contributed by atoms with Gasteiger partial charge in [-0.15, -0.1) is 0 Å². The fraction of sp³-hybridized carbons (Fsp3) is 0.158. The Hall–Kier alpha value is -5.56. The molecule has 0 bridgehead atoms. The van der Waals surface area contributed by atoms with Crippen molar-refractivity contribution in [1.82, 2.24) is 4.98 Å². The van der Waals surface area contributed by atoms with Crippen LogP contribution in [0.15, 0.2) is 109 Å². The van der Waals surface area contributed by atoms with Gasteiger partial charge in [-0.05, 0) is 17.7 Å². The Morgan fingerprint density at radius 3 is 2.24 bits per heavy atom. The maximum absolute atomic E-state index is 15.0. The van der Waals surface area contributed by atoms with E-state index in [1.165, 1.54) is 7.11 Å². The van der Waals surface area contributed by atoms with E-state index in [0.717, 1.165) is 16.6 Å². The normalized spacial score (nSPS) is 20.7. The molecule has 3 atom stereocenters. The van der Waals surface area contributed by atoms with Gasteiger partial charge in [0.25, 0.3) is 0 Å². The molecule has 1 fully saturated rings. The van der Waals surface area contributed by atoms with Crippen molar-refractivity contribution in [3.63, 3.8) is 0 Å². The van der Waals surface area contributed by atoms with Crippen molar-refractivity contribution < 1.29 is 23.9 Å². The standard InChI is InChI=1S/C38H28N2O5/c1-44-28-16-8-15-27(35(28)45-2)30-33(34(41)24-10-4-3-5-11-24)40-29(38(30)36(42)25-13-6-7-14-26(25)37(38)43)20-19-23-18-17-22-12-9-21-39-31(22)32(23)40/h3-21,29-30,33H,1-2H3/t29?,30-,33+/m1/s1. The van der Waals surface area contributed by atoms with Crippen LogP contribution in [-0.2, 0) is 0 Å². The number of pyridine rings is 1. The summed E-state index contributed by atoms with van der Waals surface area (Å²) < 4.78 is 11.6. The summed E-state index contributed by atoms with van der Waals surface area (Å²) in [4.78, 5) is 51.8. The van der Waals surface area contributed by atoms with Gasteiger partial charge in [-0.2, -0.15) is 0 Å². The minimum absolute atomic E-state index is 0.210. The molecule has 5 aromatic rings. The summed E-state index contributed by atoms with van der Waals surface area (Å²) in [6, 6.07) is 27.5. The van der Waals surface area contributed by atoms with E-state index in [9.17, 15) is 0 Å². The number of rotatable bonds is 5. The van der Waals surface area contributed by atoms with Crippen LogP contribution in [0.3, 0.4) is 0 Å². The highest BCUT2D eigenvalue weighted by atomic mass is 16.5. The van der Waals surface area contributed by atoms with Crippen molar-refractivity contribution >= 4 is 40.0 Å². The number of fused-ring (bicyclic) bond motifs is 7. The number of carbonyl (C=O) groups excluding carboxylic acids is 3. The smallest absolute Gasteiger partial charge is 0.185 e. The molecule has 1 spiro atoms. The third kappa shape index (κ3) is 3.52. The van der Waals surface area contributed by atoms with E-state index in [4.69, 9.17) is 14.5 Å². The van der Waals surface area contributed by atoms with E-state index in [1.807, 2.05) is 71.6 Å². The first kappa shape index (κ1) is 27.0. The Morgan fingerprint density at radius 1 is 0.800 bits per heavy atom. The van der Waals surface area contributed by atoms with Crippen LogP contribution in [0.2, 0.25) is 0 Å². The Kier molecular flexibility index (Phi) is 6.00. The van der Waals surface area contributed by atoms with Gasteiger partial charge in [0.1, 0.15) is 11.5 Å². The molecule has 1 saturated heterocycles. The molecule has 1 aromatic heterocycles. The number of ether oxygens (including phenoxy) is 2. The summed E-state index contributed by atoms with van der Waals surface area (Å²) in [5, 5.41) is 0.889. The Balaban J connectivity index is 1.51. The van der Waals surface area contributed by atoms with Crippen LogP contribution in [0.25, 0.3) is 17.0 Å². The number of Topliss-reactive ketones (excluding diaryl/α,β-unsaturated/α-hetero) is 3. The molecule has 1 unspecified atom stereocenters. The van der Waals surface area contributed by atoms with Crippen molar-refractivity contribution in [2.45, 2.75) is 18.0 Å². The fourth-order valence-electron chi connectivity index (χ4n) is 7.86. The second-order valence-electron chi connectivity index (χ2n) is 11.6. The first-order chi connectivity index (χ1) is 22.0. The molecule has 3 aliphatic rings. The maximum Gasteiger partial charge on any atom is 0.185 e. The molecule has 7 nitrogen and oxygen atoms in total. The van der Waals surface area contributed by atoms with E-state index in [2.05, 4.69) is 0 Å². The highest BCUT2D eigenvalue weighted by Crippen LogP contribution is 2.63. The summed E-state index contributed by atoms with van der Waals surface area (Å²) in [6.45, 7) is 0. The number of methoxy groups -OCH3 is 2. The van der Waals surface area contributed by atoms with Crippen molar-refractivity contribution in [2.24, 2.45) is 5.41 Å². The van der Waals surface area contributed by atoms with E-state index in [-0.39, 0.29) is 17.3 Å². The number of ketones is 3. The van der Waals surface area contributed by atoms with Gasteiger partial charge in [-0.25, -0.2) is 0 Å². The van der Waals surface area contributed by atoms with Gasteiger partial charge < -0.3 is 14.4 Å². The Labute approximate surface area is 259 Å². The van der Waals surface area contributed by atoms with Gasteiger partial charge in [0.2, 0.25) is 0 Å². The van der Waals surface area contributed by atoms with Crippen LogP contribution in [-0.4, -0.2) is 48.6 Å². The molecule has 7 heteroatoms. The average molecular weight is 593 g/mol. The van der Waals surface area contributed by atoms with Crippen LogP contribution in [0.4, 0.5) is 5.69 Å². The topological polar surface area (TPSA) is 85.8 Å². The quantitative estimate of drug-likeness (QED) is 0.169. The van der Waals surface area contributed by atoms with Crippen molar-refractivity contribution in [3.8, 4) is 11.5 Å². The molecule has 220 valence electrons. The molecular weight excluding hydrogens is 564 g/mol. The van der Waals surface area contributed by atoms with E-state index in [1.54, 1.807) is 55.8 Å². The first-order valence-electron chi connectivity index (χ1n) is 14.9. The number of anilines is 1. The van der Waals surface area contributed by atoms with E-state index in [0.29, 0.717) is 39.3 Å². The minimum atomic E-state index is -1.68. The lowest BCUT2D eigenvalue weighted by Crippen LogP contribution is -2.48. The number of hydrogen-bond acceptors (Lipinski definition) is 7. The number of carbonyl (C=O) groups is 3. The lowest BCUT2D eigenvalue weighted by Gasteiger charge is -2.37. The summed E-state index contributed by atoms with van der Waals surface area (Å²) in [7, 11) is 3.07. The zero-order valence-electron chi connectivity index (χ0n) is 24.6. The molecule has 1 aliphatic carbocycles. The molecule has 4 aromatic carbocycles. The van der Waals surface area contributed by atoms with E-state index < -0.39 is 23.4 Å². The van der Waals surface area contributed by atoms with Crippen LogP contribution >= 0.6 is 0 Å². The van der Waals surface area contributed by atoms with Crippen LogP contribution in [0, 0.1) is 5.41 Å². The molecule has 0 saturated carbocycles. The van der Waals surface area contributed by atoms with Crippen LogP contribution in [0.5, 0.6) is 11.5 Å². The summed E-state index contributed by atoms with van der Waals surface area (Å²) in [6.07, 6.45) is 5.59. The van der Waals surface area contributed by atoms with Crippen molar-refractivity contribution in [1.29, 1.82) is 0 Å². The number of nitrogens with zero attached hydrogens (tertiary/aromatic N) is 2. The van der Waals surface area contributed by atoms with Crippen LogP contribution in [0.1, 0.15) is 48.1 Å². The number of para-hydroxylation sites is 1. The molecule has 0 N–H and O–H groups in total. The predicted octanol–water partition coefficient (Wildman–Crippen LogP) is 6.57. The van der Waals surface area contributed by atoms with Gasteiger partial charge in [0.15, 0.2) is 28.8 Å². The summed E-state index contributed by atoms with van der Waals surface area (Å²) in [5.41, 5.74) is 2.34. The van der Waals surface area contributed by atoms with E-state index >= 15 is 14.4 Å². The molecule has 3 heterocycles. The second-order valence-corrected chi connectivity index (χ2v) is 11.6. The fourth-order valence-corrected chi connectivity index (χ4v) is 7.86. The number of benzene rings is 4. The largest absolute Gasteiger partial charge is 0.493 e. The number of hydrogen-bond donors (Lipinski definition) is 0. The average Bonchev–Trinajstić information content (AvgIpc) is 3.53. The Bertz CT molecular complexity index is 2050. The van der Waals surface area contributed by atoms with Gasteiger partial charge in [0.05, 0.1) is 31.5 Å². The highest BCUT2D eigenvalue weighted by Gasteiger charge is 2.72. The monoisotopic (exact) mass is 592 g/mol. The Morgan fingerprint density at radius 2 is 1.53 bits per heavy atom. The highest BCUT2D eigenvalue weighted by molar-refractivity contribution is 6.32. The zero-order chi connectivity index (χ0) is 30.9. The van der Waals surface area contributed by atoms with Gasteiger partial charge in [-0.3, -0.25) is 19.4 Å². The van der Waals surface area contributed by atoms with Crippen LogP contribution < -0.4 is 14.4 Å². The third-order valence-electron chi connectivity index (χ3n) is 9.63. The lowest BCUT2D eigenvalue weighted by atomic mass is 9.64. The second kappa shape index (κ2) is 9.99. The predicted molar refractivity (Wildman–Crippen MR) is 171 cm³/mol. The third-order valence-corrected chi connectivity index (χ3v) is 9.63. The SMILES string of the molecule is COc1cccc([C@@H]2[C@@H](C(=O)c3ccccc3)N3c4c(ccc5cccnc45)C=CC3C23C(=O)c2ccccc2C3=O)c1OC. The molecule has 2 aliphatic heterocycles. The van der Waals surface area contributed by atoms with Crippen molar-refractivity contribution in [2.75, 3.05) is 19.1 Å². The minimum Gasteiger partial charge on any atom is -0.493 e. The molecular formula is C38H28N2O5. The molecule has 0 radical (unpaired) electrons. The maximum atomic E-state index is 15.0. The molecule has 45 heavy (non-hydrogen) atoms. The number of aromatic nitrogens is 1.